The molecule has 0 aliphatic heterocycles. The zero-order valence-electron chi connectivity index (χ0n) is 12.3. The average Bonchev–Trinajstić information content (AvgIpc) is 2.55. The molecule has 0 unspecified atom stereocenters. The Bertz CT molecular complexity index is 897. The molecule has 0 radical (unpaired) electrons. The van der Waals surface area contributed by atoms with Gasteiger partial charge in [0.15, 0.2) is 0 Å². The summed E-state index contributed by atoms with van der Waals surface area (Å²) in [5, 5.41) is 0.532. The van der Waals surface area contributed by atoms with Crippen molar-refractivity contribution in [3.63, 3.8) is 0 Å². The Balaban J connectivity index is 1.88. The first-order valence-electron chi connectivity index (χ1n) is 7.15. The highest BCUT2D eigenvalue weighted by Crippen LogP contribution is 2.10. The van der Waals surface area contributed by atoms with Gasteiger partial charge in [-0.05, 0) is 24.3 Å². The van der Waals surface area contributed by atoms with Crippen LogP contribution < -0.4 is 16.1 Å². The Morgan fingerprint density at radius 2 is 1.68 bits per heavy atom. The van der Waals surface area contributed by atoms with Gasteiger partial charge in [-0.2, -0.15) is 0 Å². The van der Waals surface area contributed by atoms with E-state index in [0.29, 0.717) is 24.0 Å². The van der Waals surface area contributed by atoms with Gasteiger partial charge in [0, 0.05) is 25.8 Å². The van der Waals surface area contributed by atoms with E-state index in [2.05, 4.69) is 4.98 Å². The molecule has 1 heterocycles. The number of likely N-dealkylation sites (N-methyl/N-ethyl adjacent to an activating group) is 1. The molecule has 0 fully saturated rings. The summed E-state index contributed by atoms with van der Waals surface area (Å²) in [6.07, 6.45) is 0. The number of para-hydroxylation sites is 2. The molecule has 5 nitrogen and oxygen atoms in total. The van der Waals surface area contributed by atoms with Crippen molar-refractivity contribution in [1.29, 1.82) is 0 Å². The highest BCUT2D eigenvalue weighted by molar-refractivity contribution is 5.76. The first kappa shape index (κ1) is 14.1. The van der Waals surface area contributed by atoms with Crippen LogP contribution in [0.1, 0.15) is 0 Å². The molecule has 22 heavy (non-hydrogen) atoms. The molecule has 0 saturated heterocycles. The smallest absolute Gasteiger partial charge is 0.328 e. The Morgan fingerprint density at radius 1 is 1.00 bits per heavy atom. The third-order valence-electron chi connectivity index (χ3n) is 3.75. The first-order chi connectivity index (χ1) is 10.7. The van der Waals surface area contributed by atoms with E-state index in [-0.39, 0.29) is 11.2 Å². The van der Waals surface area contributed by atoms with Gasteiger partial charge in [-0.25, -0.2) is 4.79 Å². The van der Waals surface area contributed by atoms with Crippen LogP contribution in [0.3, 0.4) is 0 Å². The Hall–Kier alpha value is -2.82. The van der Waals surface area contributed by atoms with E-state index in [0.717, 1.165) is 5.69 Å². The number of aromatic nitrogens is 2. The number of aromatic amines is 1. The first-order valence-corrected chi connectivity index (χ1v) is 7.15. The molecule has 0 bridgehead atoms. The van der Waals surface area contributed by atoms with Crippen molar-refractivity contribution >= 4 is 16.6 Å². The van der Waals surface area contributed by atoms with Crippen LogP contribution in [0.4, 0.5) is 5.69 Å². The van der Waals surface area contributed by atoms with Gasteiger partial charge in [-0.3, -0.25) is 9.36 Å². The van der Waals surface area contributed by atoms with E-state index in [1.54, 1.807) is 24.3 Å². The molecular weight excluding hydrogens is 278 g/mol. The van der Waals surface area contributed by atoms with Crippen LogP contribution in [-0.2, 0) is 6.54 Å². The summed E-state index contributed by atoms with van der Waals surface area (Å²) in [7, 11) is 1.94. The van der Waals surface area contributed by atoms with Crippen LogP contribution >= 0.6 is 0 Å². The quantitative estimate of drug-likeness (QED) is 0.799. The highest BCUT2D eigenvalue weighted by Gasteiger charge is 2.08. The lowest BCUT2D eigenvalue weighted by molar-refractivity contribution is 0.631. The molecule has 0 saturated carbocycles. The van der Waals surface area contributed by atoms with Gasteiger partial charge in [0.05, 0.1) is 10.9 Å². The Labute approximate surface area is 127 Å². The van der Waals surface area contributed by atoms with Gasteiger partial charge >= 0.3 is 5.69 Å². The second-order valence-corrected chi connectivity index (χ2v) is 5.19. The van der Waals surface area contributed by atoms with Gasteiger partial charge in [0.25, 0.3) is 5.56 Å². The van der Waals surface area contributed by atoms with Crippen LogP contribution in [0, 0.1) is 0 Å². The fourth-order valence-corrected chi connectivity index (χ4v) is 2.46. The average molecular weight is 295 g/mol. The van der Waals surface area contributed by atoms with Crippen LogP contribution in [0.2, 0.25) is 0 Å². The van der Waals surface area contributed by atoms with Crippen molar-refractivity contribution < 1.29 is 0 Å². The molecular formula is C17H17N3O2. The minimum Gasteiger partial charge on any atom is -0.373 e. The zero-order valence-corrected chi connectivity index (χ0v) is 12.3. The number of rotatable bonds is 4. The molecule has 1 aromatic heterocycles. The van der Waals surface area contributed by atoms with Crippen molar-refractivity contribution in [2.45, 2.75) is 6.54 Å². The number of hydrogen-bond donors (Lipinski definition) is 1. The van der Waals surface area contributed by atoms with E-state index in [1.165, 1.54) is 4.57 Å². The topological polar surface area (TPSA) is 58.1 Å². The van der Waals surface area contributed by atoms with Crippen molar-refractivity contribution in [2.75, 3.05) is 18.5 Å². The molecule has 0 aliphatic rings. The predicted molar refractivity (Wildman–Crippen MR) is 88.5 cm³/mol. The molecule has 0 atom stereocenters. The third-order valence-corrected chi connectivity index (χ3v) is 3.75. The Morgan fingerprint density at radius 3 is 2.45 bits per heavy atom. The fourth-order valence-electron chi connectivity index (χ4n) is 2.46. The predicted octanol–water partition coefficient (Wildman–Crippen LogP) is 1.83. The van der Waals surface area contributed by atoms with E-state index < -0.39 is 0 Å². The van der Waals surface area contributed by atoms with Gasteiger partial charge in [0.1, 0.15) is 0 Å². The minimum absolute atomic E-state index is 0.249. The van der Waals surface area contributed by atoms with E-state index >= 15 is 0 Å². The van der Waals surface area contributed by atoms with Crippen molar-refractivity contribution in [3.05, 3.63) is 75.4 Å². The minimum atomic E-state index is -0.370. The van der Waals surface area contributed by atoms with Crippen LogP contribution in [0.15, 0.2) is 64.2 Å². The zero-order chi connectivity index (χ0) is 15.5. The second kappa shape index (κ2) is 5.89. The SMILES string of the molecule is CN(CCn1c(=O)[nH]c2ccccc2c1=O)c1ccccc1. The fraction of sp³-hybridized carbons (Fsp3) is 0.176. The van der Waals surface area contributed by atoms with Crippen LogP contribution in [0.25, 0.3) is 10.9 Å². The maximum atomic E-state index is 12.4. The molecule has 0 amide bonds. The number of nitrogens with one attached hydrogen (secondary N) is 1. The lowest BCUT2D eigenvalue weighted by atomic mass is 10.2. The molecule has 1 N–H and O–H groups in total. The third kappa shape index (κ3) is 2.65. The molecule has 0 aliphatic carbocycles. The van der Waals surface area contributed by atoms with Crippen molar-refractivity contribution in [2.24, 2.45) is 0 Å². The molecule has 112 valence electrons. The standard InChI is InChI=1S/C17H17N3O2/c1-19(13-7-3-2-4-8-13)11-12-20-16(21)14-9-5-6-10-15(14)18-17(20)22/h2-10H,11-12H2,1H3,(H,18,22). The molecule has 2 aromatic carbocycles. The lowest BCUT2D eigenvalue weighted by Crippen LogP contribution is -2.38. The number of fused-ring (bicyclic) bond motifs is 1. The van der Waals surface area contributed by atoms with Crippen LogP contribution in [0.5, 0.6) is 0 Å². The van der Waals surface area contributed by atoms with E-state index in [9.17, 15) is 9.59 Å². The Kier molecular flexibility index (Phi) is 3.78. The van der Waals surface area contributed by atoms with Gasteiger partial charge < -0.3 is 9.88 Å². The van der Waals surface area contributed by atoms with Crippen LogP contribution in [-0.4, -0.2) is 23.1 Å². The summed E-state index contributed by atoms with van der Waals surface area (Å²) in [6.45, 7) is 0.912. The molecule has 3 rings (SSSR count). The monoisotopic (exact) mass is 295 g/mol. The summed E-state index contributed by atoms with van der Waals surface area (Å²) in [4.78, 5) is 29.3. The van der Waals surface area contributed by atoms with Gasteiger partial charge in [-0.1, -0.05) is 30.3 Å². The maximum absolute atomic E-state index is 12.4. The summed E-state index contributed by atoms with van der Waals surface area (Å²) in [5.74, 6) is 0. The number of H-pyrrole nitrogens is 1. The number of benzene rings is 2. The normalized spacial score (nSPS) is 10.8. The largest absolute Gasteiger partial charge is 0.373 e. The molecule has 5 heteroatoms. The summed E-state index contributed by atoms with van der Waals surface area (Å²) >= 11 is 0. The van der Waals surface area contributed by atoms with Crippen molar-refractivity contribution in [1.82, 2.24) is 9.55 Å². The van der Waals surface area contributed by atoms with E-state index in [4.69, 9.17) is 0 Å². The lowest BCUT2D eigenvalue weighted by Gasteiger charge is -2.19. The second-order valence-electron chi connectivity index (χ2n) is 5.19. The van der Waals surface area contributed by atoms with Gasteiger partial charge in [0.2, 0.25) is 0 Å². The highest BCUT2D eigenvalue weighted by atomic mass is 16.2. The summed E-state index contributed by atoms with van der Waals surface area (Å²) < 4.78 is 1.25. The van der Waals surface area contributed by atoms with E-state index in [1.807, 2.05) is 42.3 Å². The maximum Gasteiger partial charge on any atom is 0.328 e. The molecule has 0 spiro atoms. The molecule has 3 aromatic rings. The number of anilines is 1. The number of nitrogens with zero attached hydrogens (tertiary/aromatic N) is 2. The van der Waals surface area contributed by atoms with Gasteiger partial charge in [-0.15, -0.1) is 0 Å². The summed E-state index contributed by atoms with van der Waals surface area (Å²) in [6, 6.07) is 16.9. The number of hydrogen-bond acceptors (Lipinski definition) is 3. The summed E-state index contributed by atoms with van der Waals surface area (Å²) in [5.41, 5.74) is 1.00. The van der Waals surface area contributed by atoms with Crippen molar-refractivity contribution in [3.8, 4) is 0 Å².